The molecule has 0 spiro atoms. The van der Waals surface area contributed by atoms with Gasteiger partial charge in [-0.2, -0.15) is 0 Å². The Morgan fingerprint density at radius 1 is 0.930 bits per heavy atom. The highest BCUT2D eigenvalue weighted by molar-refractivity contribution is 7.92. The summed E-state index contributed by atoms with van der Waals surface area (Å²) in [5.41, 5.74) is 1.95. The van der Waals surface area contributed by atoms with E-state index >= 15 is 0 Å². The highest BCUT2D eigenvalue weighted by Crippen LogP contribution is 2.34. The third kappa shape index (κ3) is 8.93. The predicted octanol–water partition coefficient (Wildman–Crippen LogP) is 4.31. The molecule has 1 atom stereocenters. The van der Waals surface area contributed by atoms with E-state index in [0.717, 1.165) is 11.8 Å². The third-order valence-electron chi connectivity index (χ3n) is 6.93. The van der Waals surface area contributed by atoms with Crippen LogP contribution in [0.1, 0.15) is 37.8 Å². The smallest absolute Gasteiger partial charge is 0.243 e. The van der Waals surface area contributed by atoms with E-state index < -0.39 is 21.9 Å². The number of rotatable bonds is 13. The lowest BCUT2D eigenvalue weighted by Gasteiger charge is -2.32. The molecule has 1 aliphatic rings. The van der Waals surface area contributed by atoms with Crippen molar-refractivity contribution in [2.24, 2.45) is 0 Å². The van der Waals surface area contributed by atoms with Gasteiger partial charge in [0.1, 0.15) is 25.1 Å². The second-order valence-electron chi connectivity index (χ2n) is 10.8. The topological polar surface area (TPSA) is 105 Å². The molecule has 1 N–H and O–H groups in total. The SMILES string of the molecule is CC(C)NC(=O)[C@H](Cc1ccccc1)N(Cc1ccc(F)cc1)C(=O)CCCN(c1ccc2c(c1)OCCO2)S(C)(=O)=O. The van der Waals surface area contributed by atoms with Gasteiger partial charge in [-0.05, 0) is 55.7 Å². The summed E-state index contributed by atoms with van der Waals surface area (Å²) in [7, 11) is -3.69. The number of nitrogens with one attached hydrogen (secondary N) is 1. The number of carbonyl (C=O) groups excluding carboxylic acids is 2. The van der Waals surface area contributed by atoms with E-state index in [-0.39, 0.29) is 50.2 Å². The molecule has 4 rings (SSSR count). The molecule has 0 saturated carbocycles. The fourth-order valence-corrected chi connectivity index (χ4v) is 5.87. The molecule has 0 saturated heterocycles. The van der Waals surface area contributed by atoms with Crippen LogP contribution in [0.25, 0.3) is 0 Å². The Labute approximate surface area is 252 Å². The molecular weight excluding hydrogens is 573 g/mol. The quantitative estimate of drug-likeness (QED) is 0.309. The Morgan fingerprint density at radius 3 is 2.26 bits per heavy atom. The Kier molecular flexibility index (Phi) is 10.6. The second-order valence-corrected chi connectivity index (χ2v) is 12.7. The molecule has 0 aliphatic carbocycles. The zero-order valence-corrected chi connectivity index (χ0v) is 25.5. The Balaban J connectivity index is 1.57. The van der Waals surface area contributed by atoms with Crippen molar-refractivity contribution in [2.75, 3.05) is 30.3 Å². The first-order valence-corrected chi connectivity index (χ1v) is 16.1. The molecule has 0 aromatic heterocycles. The zero-order valence-electron chi connectivity index (χ0n) is 24.7. The van der Waals surface area contributed by atoms with Gasteiger partial charge in [-0.25, -0.2) is 12.8 Å². The lowest BCUT2D eigenvalue weighted by molar-refractivity contribution is -0.141. The van der Waals surface area contributed by atoms with Crippen molar-refractivity contribution in [1.29, 1.82) is 0 Å². The number of benzene rings is 3. The van der Waals surface area contributed by atoms with Crippen molar-refractivity contribution in [3.8, 4) is 11.5 Å². The van der Waals surface area contributed by atoms with E-state index in [9.17, 15) is 22.4 Å². The number of hydrogen-bond acceptors (Lipinski definition) is 6. The summed E-state index contributed by atoms with van der Waals surface area (Å²) in [5.74, 6) is -0.0266. The van der Waals surface area contributed by atoms with Gasteiger partial charge in [0.25, 0.3) is 0 Å². The van der Waals surface area contributed by atoms with Gasteiger partial charge in [0.05, 0.1) is 11.9 Å². The number of fused-ring (bicyclic) bond motifs is 1. The average molecular weight is 612 g/mol. The predicted molar refractivity (Wildman–Crippen MR) is 163 cm³/mol. The average Bonchev–Trinajstić information content (AvgIpc) is 2.97. The fraction of sp³-hybridized carbons (Fsp3) is 0.375. The van der Waals surface area contributed by atoms with Crippen LogP contribution in [0.3, 0.4) is 0 Å². The molecule has 9 nitrogen and oxygen atoms in total. The summed E-state index contributed by atoms with van der Waals surface area (Å²) in [6, 6.07) is 19.1. The van der Waals surface area contributed by atoms with Crippen molar-refractivity contribution in [1.82, 2.24) is 10.2 Å². The van der Waals surface area contributed by atoms with Gasteiger partial charge in [0.2, 0.25) is 21.8 Å². The molecule has 43 heavy (non-hydrogen) atoms. The minimum atomic E-state index is -3.69. The van der Waals surface area contributed by atoms with Gasteiger partial charge in [0, 0.05) is 38.0 Å². The van der Waals surface area contributed by atoms with E-state index in [1.54, 1.807) is 30.3 Å². The maximum absolute atomic E-state index is 13.9. The standard InChI is InChI=1S/C32H38FN3O6S/c1-23(2)34-32(38)28(20-24-8-5-4-6-9-24)35(22-25-11-13-26(33)14-12-25)31(37)10-7-17-36(43(3,39)40)27-15-16-29-30(21-27)42-19-18-41-29/h4-6,8-9,11-16,21,23,28H,7,10,17-20,22H2,1-3H3,(H,34,38)/t28-/m0/s1. The normalized spacial score (nSPS) is 13.3. The van der Waals surface area contributed by atoms with Gasteiger partial charge < -0.3 is 19.7 Å². The molecule has 1 heterocycles. The number of halogens is 1. The van der Waals surface area contributed by atoms with Gasteiger partial charge in [-0.1, -0.05) is 42.5 Å². The number of carbonyl (C=O) groups is 2. The van der Waals surface area contributed by atoms with Gasteiger partial charge in [-0.15, -0.1) is 0 Å². The third-order valence-corrected chi connectivity index (χ3v) is 8.13. The van der Waals surface area contributed by atoms with Crippen molar-refractivity contribution >= 4 is 27.5 Å². The molecule has 0 unspecified atom stereocenters. The van der Waals surface area contributed by atoms with Crippen LogP contribution >= 0.6 is 0 Å². The Bertz CT molecular complexity index is 1500. The molecule has 3 aromatic rings. The maximum Gasteiger partial charge on any atom is 0.243 e. The number of amides is 2. The lowest BCUT2D eigenvalue weighted by atomic mass is 10.0. The van der Waals surface area contributed by atoms with Gasteiger partial charge >= 0.3 is 0 Å². The molecule has 0 radical (unpaired) electrons. The van der Waals surface area contributed by atoms with Crippen LogP contribution in [-0.2, 0) is 32.6 Å². The van der Waals surface area contributed by atoms with Gasteiger partial charge in [0.15, 0.2) is 11.5 Å². The minimum absolute atomic E-state index is 0.0159. The molecular formula is C32H38FN3O6S. The highest BCUT2D eigenvalue weighted by atomic mass is 32.2. The first-order valence-electron chi connectivity index (χ1n) is 14.3. The van der Waals surface area contributed by atoms with Crippen LogP contribution in [0.4, 0.5) is 10.1 Å². The molecule has 2 amide bonds. The minimum Gasteiger partial charge on any atom is -0.486 e. The zero-order chi connectivity index (χ0) is 31.0. The molecule has 11 heteroatoms. The summed E-state index contributed by atoms with van der Waals surface area (Å²) in [4.78, 5) is 28.9. The monoisotopic (exact) mass is 611 g/mol. The number of nitrogens with zero attached hydrogens (tertiary/aromatic N) is 2. The van der Waals surface area contributed by atoms with Crippen LogP contribution in [0.15, 0.2) is 72.8 Å². The summed E-state index contributed by atoms with van der Waals surface area (Å²) in [5, 5.41) is 2.93. The van der Waals surface area contributed by atoms with E-state index in [2.05, 4.69) is 5.32 Å². The van der Waals surface area contributed by atoms with E-state index in [0.29, 0.717) is 36.0 Å². The number of hydrogen-bond donors (Lipinski definition) is 1. The maximum atomic E-state index is 13.9. The number of ether oxygens (including phenoxy) is 2. The summed E-state index contributed by atoms with van der Waals surface area (Å²) in [6.07, 6.45) is 1.57. The Hall–Kier alpha value is -4.12. The largest absolute Gasteiger partial charge is 0.486 e. The molecule has 1 aliphatic heterocycles. The van der Waals surface area contributed by atoms with Crippen LogP contribution in [0.5, 0.6) is 11.5 Å². The Morgan fingerprint density at radius 2 is 1.60 bits per heavy atom. The van der Waals surface area contributed by atoms with Crippen molar-refractivity contribution in [2.45, 2.75) is 51.7 Å². The van der Waals surface area contributed by atoms with Crippen LogP contribution in [0, 0.1) is 5.82 Å². The van der Waals surface area contributed by atoms with Crippen LogP contribution in [-0.4, -0.2) is 63.2 Å². The summed E-state index contributed by atoms with van der Waals surface area (Å²) < 4.78 is 51.6. The summed E-state index contributed by atoms with van der Waals surface area (Å²) >= 11 is 0. The molecule has 230 valence electrons. The number of anilines is 1. The van der Waals surface area contributed by atoms with Crippen molar-refractivity contribution in [3.05, 3.63) is 89.7 Å². The van der Waals surface area contributed by atoms with Crippen LogP contribution in [0.2, 0.25) is 0 Å². The van der Waals surface area contributed by atoms with Gasteiger partial charge in [-0.3, -0.25) is 13.9 Å². The first kappa shape index (κ1) is 31.8. The van der Waals surface area contributed by atoms with Crippen molar-refractivity contribution < 1.29 is 31.9 Å². The molecule has 0 bridgehead atoms. The van der Waals surface area contributed by atoms with E-state index in [4.69, 9.17) is 9.47 Å². The number of sulfonamides is 1. The fourth-order valence-electron chi connectivity index (χ4n) is 4.91. The van der Waals surface area contributed by atoms with Crippen molar-refractivity contribution in [3.63, 3.8) is 0 Å². The second kappa shape index (κ2) is 14.4. The van der Waals surface area contributed by atoms with E-state index in [1.807, 2.05) is 44.2 Å². The highest BCUT2D eigenvalue weighted by Gasteiger charge is 2.31. The van der Waals surface area contributed by atoms with Crippen LogP contribution < -0.4 is 19.1 Å². The summed E-state index contributed by atoms with van der Waals surface area (Å²) in [6.45, 7) is 4.60. The molecule has 0 fully saturated rings. The first-order chi connectivity index (χ1) is 20.5. The van der Waals surface area contributed by atoms with E-state index in [1.165, 1.54) is 21.3 Å². The lowest BCUT2D eigenvalue weighted by Crippen LogP contribution is -2.51. The molecule has 3 aromatic carbocycles.